The molecule has 8 heteroatoms. The fourth-order valence-electron chi connectivity index (χ4n) is 4.11. The second-order valence-corrected chi connectivity index (χ2v) is 9.55. The molecule has 0 spiro atoms. The predicted molar refractivity (Wildman–Crippen MR) is 139 cm³/mol. The van der Waals surface area contributed by atoms with Crippen LogP contribution in [-0.4, -0.2) is 35.2 Å². The summed E-state index contributed by atoms with van der Waals surface area (Å²) in [6.07, 6.45) is -0.129. The fraction of sp³-hybridized carbons (Fsp3) is 0.296. The Balaban J connectivity index is 1.64. The summed E-state index contributed by atoms with van der Waals surface area (Å²) in [5, 5.41) is 5.60. The maximum absolute atomic E-state index is 13.2. The first kappa shape index (κ1) is 24.6. The van der Waals surface area contributed by atoms with Gasteiger partial charge in [-0.2, -0.15) is 0 Å². The second-order valence-electron chi connectivity index (χ2n) is 8.71. The maximum atomic E-state index is 13.2. The van der Waals surface area contributed by atoms with Gasteiger partial charge in [0.05, 0.1) is 36.9 Å². The van der Waals surface area contributed by atoms with Crippen LogP contribution in [0.15, 0.2) is 75.9 Å². The summed E-state index contributed by atoms with van der Waals surface area (Å²) in [7, 11) is 1.60. The molecule has 2 aliphatic rings. The molecule has 7 nitrogen and oxygen atoms in total. The van der Waals surface area contributed by atoms with Crippen LogP contribution < -0.4 is 10.1 Å². The number of amidine groups is 1. The van der Waals surface area contributed by atoms with Crippen molar-refractivity contribution < 1.29 is 19.1 Å². The molecular weight excluding hydrogens is 462 g/mol. The number of amides is 1. The topological polar surface area (TPSA) is 80.2 Å². The lowest BCUT2D eigenvalue weighted by atomic mass is 9.93. The first-order chi connectivity index (χ1) is 16.8. The van der Waals surface area contributed by atoms with E-state index in [1.165, 1.54) is 11.8 Å². The Morgan fingerprint density at radius 1 is 1.14 bits per heavy atom. The maximum Gasteiger partial charge on any atom is 0.338 e. The van der Waals surface area contributed by atoms with E-state index in [1.807, 2.05) is 56.2 Å². The Labute approximate surface area is 209 Å². The number of nitrogens with zero attached hydrogens (tertiary/aromatic N) is 2. The van der Waals surface area contributed by atoms with Gasteiger partial charge in [-0.3, -0.25) is 4.79 Å². The van der Waals surface area contributed by atoms with Gasteiger partial charge in [0, 0.05) is 11.4 Å². The SMILES string of the molecule is COc1ccc(NC(=O)CC2=CSC3=NC(C)=C(C(=O)OC(C)C)C(c4cccc(C)c4)N23)cc1. The van der Waals surface area contributed by atoms with Gasteiger partial charge in [0.15, 0.2) is 5.17 Å². The Bertz CT molecular complexity index is 1230. The smallest absolute Gasteiger partial charge is 0.338 e. The van der Waals surface area contributed by atoms with E-state index in [0.717, 1.165) is 27.7 Å². The van der Waals surface area contributed by atoms with Crippen molar-refractivity contribution in [3.8, 4) is 5.75 Å². The Kier molecular flexibility index (Phi) is 7.31. The van der Waals surface area contributed by atoms with Crippen molar-refractivity contribution in [2.24, 2.45) is 4.99 Å². The minimum absolute atomic E-state index is 0.131. The number of thioether (sulfide) groups is 1. The molecule has 0 bridgehead atoms. The minimum Gasteiger partial charge on any atom is -0.497 e. The Hall–Kier alpha value is -3.52. The van der Waals surface area contributed by atoms with Gasteiger partial charge in [0.1, 0.15) is 5.75 Å². The number of nitrogens with one attached hydrogen (secondary N) is 1. The number of aryl methyl sites for hydroxylation is 1. The van der Waals surface area contributed by atoms with Crippen molar-refractivity contribution in [2.45, 2.75) is 46.3 Å². The van der Waals surface area contributed by atoms with Crippen molar-refractivity contribution in [1.29, 1.82) is 0 Å². The molecule has 0 saturated heterocycles. The second kappa shape index (κ2) is 10.4. The molecule has 1 atom stereocenters. The van der Waals surface area contributed by atoms with E-state index in [1.54, 1.807) is 31.4 Å². The molecule has 2 heterocycles. The Morgan fingerprint density at radius 2 is 1.89 bits per heavy atom. The lowest BCUT2D eigenvalue weighted by molar-refractivity contribution is -0.143. The number of rotatable bonds is 7. The van der Waals surface area contributed by atoms with Crippen LogP contribution >= 0.6 is 11.8 Å². The number of aliphatic imine (C=N–C) groups is 1. The average molecular weight is 492 g/mol. The zero-order chi connectivity index (χ0) is 25.1. The number of allylic oxidation sites excluding steroid dienone is 1. The van der Waals surface area contributed by atoms with E-state index in [4.69, 9.17) is 14.5 Å². The van der Waals surface area contributed by atoms with Crippen molar-refractivity contribution in [3.63, 3.8) is 0 Å². The first-order valence-corrected chi connectivity index (χ1v) is 12.3. The monoisotopic (exact) mass is 491 g/mol. The third-order valence-corrected chi connectivity index (χ3v) is 6.53. The third kappa shape index (κ3) is 5.43. The summed E-state index contributed by atoms with van der Waals surface area (Å²) in [6.45, 7) is 7.50. The molecule has 2 aromatic rings. The van der Waals surface area contributed by atoms with E-state index >= 15 is 0 Å². The van der Waals surface area contributed by atoms with E-state index in [0.29, 0.717) is 17.0 Å². The van der Waals surface area contributed by atoms with Gasteiger partial charge in [-0.25, -0.2) is 9.79 Å². The van der Waals surface area contributed by atoms with E-state index in [9.17, 15) is 9.59 Å². The molecule has 2 aromatic carbocycles. The van der Waals surface area contributed by atoms with Crippen molar-refractivity contribution in [3.05, 3.63) is 82.0 Å². The number of esters is 1. The first-order valence-electron chi connectivity index (χ1n) is 11.4. The summed E-state index contributed by atoms with van der Waals surface area (Å²) in [6, 6.07) is 14.8. The van der Waals surface area contributed by atoms with Crippen LogP contribution in [0.3, 0.4) is 0 Å². The van der Waals surface area contributed by atoms with Gasteiger partial charge < -0.3 is 19.7 Å². The van der Waals surface area contributed by atoms with Crippen LogP contribution in [0.5, 0.6) is 5.75 Å². The molecule has 0 fully saturated rings. The minimum atomic E-state index is -0.441. The number of fused-ring (bicyclic) bond motifs is 1. The van der Waals surface area contributed by atoms with E-state index < -0.39 is 12.0 Å². The van der Waals surface area contributed by atoms with Gasteiger partial charge in [0.2, 0.25) is 5.91 Å². The van der Waals surface area contributed by atoms with E-state index in [2.05, 4.69) is 11.4 Å². The molecule has 182 valence electrons. The van der Waals surface area contributed by atoms with Crippen LogP contribution in [0.4, 0.5) is 5.69 Å². The van der Waals surface area contributed by atoms with Crippen molar-refractivity contribution in [2.75, 3.05) is 12.4 Å². The molecule has 4 rings (SSSR count). The number of ether oxygens (including phenoxy) is 2. The van der Waals surface area contributed by atoms with Crippen LogP contribution in [-0.2, 0) is 14.3 Å². The highest BCUT2D eigenvalue weighted by Gasteiger charge is 2.41. The number of benzene rings is 2. The zero-order valence-electron chi connectivity index (χ0n) is 20.5. The summed E-state index contributed by atoms with van der Waals surface area (Å²) < 4.78 is 10.8. The molecule has 1 amide bonds. The van der Waals surface area contributed by atoms with Gasteiger partial charge in [-0.1, -0.05) is 41.6 Å². The predicted octanol–water partition coefficient (Wildman–Crippen LogP) is 5.56. The zero-order valence-corrected chi connectivity index (χ0v) is 21.3. The van der Waals surface area contributed by atoms with Crippen LogP contribution in [0.2, 0.25) is 0 Å². The lowest BCUT2D eigenvalue weighted by Crippen LogP contribution is -2.37. The number of carbonyl (C=O) groups excluding carboxylic acids is 2. The largest absolute Gasteiger partial charge is 0.497 e. The van der Waals surface area contributed by atoms with E-state index in [-0.39, 0.29) is 18.4 Å². The number of hydrogen-bond donors (Lipinski definition) is 1. The summed E-state index contributed by atoms with van der Waals surface area (Å²) in [5.41, 5.74) is 4.58. The van der Waals surface area contributed by atoms with Gasteiger partial charge in [0.25, 0.3) is 0 Å². The summed E-state index contributed by atoms with van der Waals surface area (Å²) in [5.74, 6) is 0.158. The quantitative estimate of drug-likeness (QED) is 0.511. The fourth-order valence-corrected chi connectivity index (χ4v) is 5.07. The van der Waals surface area contributed by atoms with Gasteiger partial charge in [-0.15, -0.1) is 0 Å². The van der Waals surface area contributed by atoms with Crippen molar-refractivity contribution >= 4 is 34.5 Å². The third-order valence-electron chi connectivity index (χ3n) is 5.64. The van der Waals surface area contributed by atoms with Crippen LogP contribution in [0.25, 0.3) is 0 Å². The molecule has 0 aromatic heterocycles. The molecule has 1 unspecified atom stereocenters. The standard InChI is InChI=1S/C27H29N3O4S/c1-16(2)34-26(32)24-18(4)28-27-30(25(24)19-8-6-7-17(3)13-19)21(15-35-27)14-23(31)29-20-9-11-22(33-5)12-10-20/h6-13,15-16,25H,14H2,1-5H3,(H,29,31). The molecule has 1 N–H and O–H groups in total. The molecule has 0 aliphatic carbocycles. The highest BCUT2D eigenvalue weighted by molar-refractivity contribution is 8.16. The van der Waals surface area contributed by atoms with Crippen LogP contribution in [0.1, 0.15) is 44.4 Å². The number of hydrogen-bond acceptors (Lipinski definition) is 7. The summed E-state index contributed by atoms with van der Waals surface area (Å²) >= 11 is 1.45. The molecule has 35 heavy (non-hydrogen) atoms. The molecule has 0 radical (unpaired) electrons. The Morgan fingerprint density at radius 3 is 2.54 bits per heavy atom. The lowest BCUT2D eigenvalue weighted by Gasteiger charge is -2.36. The molecule has 2 aliphatic heterocycles. The number of methoxy groups -OCH3 is 1. The van der Waals surface area contributed by atoms with Crippen LogP contribution in [0, 0.1) is 6.92 Å². The molecule has 0 saturated carbocycles. The molecular formula is C27H29N3O4S. The van der Waals surface area contributed by atoms with Crippen molar-refractivity contribution in [1.82, 2.24) is 4.90 Å². The summed E-state index contributed by atoms with van der Waals surface area (Å²) in [4.78, 5) is 32.8. The highest BCUT2D eigenvalue weighted by Crippen LogP contribution is 2.45. The highest BCUT2D eigenvalue weighted by atomic mass is 32.2. The number of anilines is 1. The normalized spacial score (nSPS) is 17.1. The van der Waals surface area contributed by atoms with Gasteiger partial charge in [-0.05, 0) is 62.9 Å². The number of carbonyl (C=O) groups is 2. The van der Waals surface area contributed by atoms with Gasteiger partial charge >= 0.3 is 5.97 Å². The average Bonchev–Trinajstić information content (AvgIpc) is 3.19.